The Labute approximate surface area is 172 Å². The summed E-state index contributed by atoms with van der Waals surface area (Å²) in [6.07, 6.45) is 1.32. The van der Waals surface area contributed by atoms with Gasteiger partial charge in [0.05, 0.1) is 12.7 Å². The molecule has 4 rings (SSSR count). The van der Waals surface area contributed by atoms with E-state index in [1.807, 2.05) is 42.5 Å². The second-order valence-corrected chi connectivity index (χ2v) is 7.00. The fourth-order valence-corrected chi connectivity index (χ4v) is 3.46. The molecule has 0 fully saturated rings. The van der Waals surface area contributed by atoms with Crippen molar-refractivity contribution in [1.29, 1.82) is 0 Å². The number of carbonyl (C=O) groups is 1. The lowest BCUT2D eigenvalue weighted by atomic mass is 9.99. The van der Waals surface area contributed by atoms with Crippen molar-refractivity contribution >= 4 is 16.9 Å². The Morgan fingerprint density at radius 2 is 1.93 bits per heavy atom. The van der Waals surface area contributed by atoms with Gasteiger partial charge in [0.2, 0.25) is 0 Å². The normalized spacial score (nSPS) is 11.0. The topological polar surface area (TPSA) is 85.7 Å². The van der Waals surface area contributed by atoms with Crippen LogP contribution in [0.4, 0.5) is 4.39 Å². The first-order chi connectivity index (χ1) is 14.5. The molecule has 3 N–H and O–H groups in total. The van der Waals surface area contributed by atoms with Crippen molar-refractivity contribution in [1.82, 2.24) is 0 Å². The van der Waals surface area contributed by atoms with Crippen molar-refractivity contribution in [3.05, 3.63) is 89.4 Å². The largest absolute Gasteiger partial charge is 0.489 e. The van der Waals surface area contributed by atoms with Crippen LogP contribution in [-0.2, 0) is 24.4 Å². The van der Waals surface area contributed by atoms with Gasteiger partial charge in [-0.3, -0.25) is 4.79 Å². The van der Waals surface area contributed by atoms with Gasteiger partial charge in [-0.15, -0.1) is 0 Å². The van der Waals surface area contributed by atoms with E-state index in [1.165, 1.54) is 18.2 Å². The standard InChI is InChI=1S/C24H20FNO4/c25-20-4-5-22(19(11-20)12-23(27)28)30-14-16-9-18-6-7-29-24(18)21(10-16)17-3-1-2-15(8-17)13-26/h1-11H,12-14,26H2,(H,27,28). The minimum Gasteiger partial charge on any atom is -0.489 e. The SMILES string of the molecule is NCc1cccc(-c2cc(COc3ccc(F)cc3CC(=O)O)cc3ccoc23)c1. The third kappa shape index (κ3) is 4.18. The third-order valence-corrected chi connectivity index (χ3v) is 4.84. The van der Waals surface area contributed by atoms with Crippen molar-refractivity contribution in [2.75, 3.05) is 0 Å². The average Bonchev–Trinajstić information content (AvgIpc) is 3.21. The van der Waals surface area contributed by atoms with Gasteiger partial charge in [0.1, 0.15) is 23.8 Å². The molecule has 30 heavy (non-hydrogen) atoms. The van der Waals surface area contributed by atoms with Crippen LogP contribution in [0.25, 0.3) is 22.1 Å². The lowest BCUT2D eigenvalue weighted by Crippen LogP contribution is -2.05. The Morgan fingerprint density at radius 3 is 2.73 bits per heavy atom. The van der Waals surface area contributed by atoms with Gasteiger partial charge < -0.3 is 20.0 Å². The number of rotatable bonds is 7. The molecular weight excluding hydrogens is 385 g/mol. The van der Waals surface area contributed by atoms with E-state index in [9.17, 15) is 9.18 Å². The summed E-state index contributed by atoms with van der Waals surface area (Å²) in [6, 6.07) is 17.6. The molecule has 5 nitrogen and oxygen atoms in total. The molecule has 0 aliphatic rings. The molecule has 1 heterocycles. The summed E-state index contributed by atoms with van der Waals surface area (Å²) >= 11 is 0. The summed E-state index contributed by atoms with van der Waals surface area (Å²) in [5.41, 5.74) is 10.6. The van der Waals surface area contributed by atoms with E-state index in [0.717, 1.165) is 33.2 Å². The molecule has 152 valence electrons. The molecule has 0 aliphatic heterocycles. The van der Waals surface area contributed by atoms with E-state index in [2.05, 4.69) is 0 Å². The van der Waals surface area contributed by atoms with Gasteiger partial charge in [-0.1, -0.05) is 18.2 Å². The van der Waals surface area contributed by atoms with E-state index in [1.54, 1.807) is 6.26 Å². The van der Waals surface area contributed by atoms with Crippen molar-refractivity contribution in [3.8, 4) is 16.9 Å². The summed E-state index contributed by atoms with van der Waals surface area (Å²) in [5.74, 6) is -1.20. The Kier molecular flexibility index (Phi) is 5.50. The molecule has 4 aromatic rings. The van der Waals surface area contributed by atoms with Crippen molar-refractivity contribution in [2.24, 2.45) is 5.73 Å². The van der Waals surface area contributed by atoms with Crippen LogP contribution >= 0.6 is 0 Å². The first-order valence-electron chi connectivity index (χ1n) is 9.46. The maximum atomic E-state index is 13.5. The zero-order valence-corrected chi connectivity index (χ0v) is 16.1. The highest BCUT2D eigenvalue weighted by Gasteiger charge is 2.13. The number of benzene rings is 3. The Bertz CT molecular complexity index is 1220. The quantitative estimate of drug-likeness (QED) is 0.457. The number of hydrogen-bond donors (Lipinski definition) is 2. The van der Waals surface area contributed by atoms with Gasteiger partial charge in [0, 0.05) is 23.1 Å². The summed E-state index contributed by atoms with van der Waals surface area (Å²) in [6.45, 7) is 0.637. The highest BCUT2D eigenvalue weighted by Crippen LogP contribution is 2.32. The van der Waals surface area contributed by atoms with Crippen molar-refractivity contribution < 1.29 is 23.4 Å². The van der Waals surface area contributed by atoms with Crippen LogP contribution in [-0.4, -0.2) is 11.1 Å². The predicted octanol–water partition coefficient (Wildman–Crippen LogP) is 4.90. The zero-order valence-electron chi connectivity index (χ0n) is 16.1. The molecule has 3 aromatic carbocycles. The fraction of sp³-hybridized carbons (Fsp3) is 0.125. The van der Waals surface area contributed by atoms with Crippen LogP contribution in [0.3, 0.4) is 0 Å². The van der Waals surface area contributed by atoms with Gasteiger partial charge in [-0.05, 0) is 59.2 Å². The highest BCUT2D eigenvalue weighted by molar-refractivity contribution is 5.93. The van der Waals surface area contributed by atoms with Crippen LogP contribution in [0, 0.1) is 5.82 Å². The van der Waals surface area contributed by atoms with Gasteiger partial charge >= 0.3 is 5.97 Å². The first kappa shape index (κ1) is 19.7. The maximum absolute atomic E-state index is 13.5. The molecule has 0 atom stereocenters. The lowest BCUT2D eigenvalue weighted by molar-refractivity contribution is -0.136. The molecule has 0 saturated carbocycles. The van der Waals surface area contributed by atoms with E-state index in [0.29, 0.717) is 17.9 Å². The predicted molar refractivity (Wildman–Crippen MR) is 112 cm³/mol. The molecule has 0 spiro atoms. The smallest absolute Gasteiger partial charge is 0.307 e. The number of aliphatic carboxylic acids is 1. The third-order valence-electron chi connectivity index (χ3n) is 4.84. The minimum atomic E-state index is -1.05. The number of fused-ring (bicyclic) bond motifs is 1. The first-order valence-corrected chi connectivity index (χ1v) is 9.46. The maximum Gasteiger partial charge on any atom is 0.307 e. The molecule has 0 amide bonds. The molecule has 0 saturated heterocycles. The van der Waals surface area contributed by atoms with Gasteiger partial charge in [-0.2, -0.15) is 0 Å². The summed E-state index contributed by atoms with van der Waals surface area (Å²) in [7, 11) is 0. The zero-order chi connectivity index (χ0) is 21.1. The van der Waals surface area contributed by atoms with Gasteiger partial charge in [-0.25, -0.2) is 4.39 Å². The molecule has 0 radical (unpaired) electrons. The Balaban J connectivity index is 1.67. The van der Waals surface area contributed by atoms with Crippen molar-refractivity contribution in [3.63, 3.8) is 0 Å². The summed E-state index contributed by atoms with van der Waals surface area (Å²) in [5, 5.41) is 10.00. The van der Waals surface area contributed by atoms with Crippen LogP contribution in [0.15, 0.2) is 71.3 Å². The van der Waals surface area contributed by atoms with Gasteiger partial charge in [0.25, 0.3) is 0 Å². The number of furan rings is 1. The molecule has 0 unspecified atom stereocenters. The van der Waals surface area contributed by atoms with Crippen LogP contribution in [0.5, 0.6) is 5.75 Å². The monoisotopic (exact) mass is 405 g/mol. The number of carboxylic acids is 1. The fourth-order valence-electron chi connectivity index (χ4n) is 3.46. The second-order valence-electron chi connectivity index (χ2n) is 7.00. The molecule has 0 bridgehead atoms. The number of hydrogen-bond acceptors (Lipinski definition) is 4. The van der Waals surface area contributed by atoms with E-state index < -0.39 is 11.8 Å². The van der Waals surface area contributed by atoms with Crippen LogP contribution in [0.2, 0.25) is 0 Å². The second kappa shape index (κ2) is 8.39. The lowest BCUT2D eigenvalue weighted by Gasteiger charge is -2.12. The van der Waals surface area contributed by atoms with E-state index in [-0.39, 0.29) is 13.0 Å². The number of carboxylic acid groups (broad SMARTS) is 1. The highest BCUT2D eigenvalue weighted by atomic mass is 19.1. The van der Waals surface area contributed by atoms with E-state index >= 15 is 0 Å². The Hall–Kier alpha value is -3.64. The minimum absolute atomic E-state index is 0.197. The number of ether oxygens (including phenoxy) is 1. The van der Waals surface area contributed by atoms with Crippen LogP contribution < -0.4 is 10.5 Å². The number of halogens is 1. The van der Waals surface area contributed by atoms with Gasteiger partial charge in [0.15, 0.2) is 0 Å². The van der Waals surface area contributed by atoms with Crippen LogP contribution in [0.1, 0.15) is 16.7 Å². The van der Waals surface area contributed by atoms with Crippen molar-refractivity contribution in [2.45, 2.75) is 19.6 Å². The summed E-state index contributed by atoms with van der Waals surface area (Å²) < 4.78 is 25.1. The van der Waals surface area contributed by atoms with E-state index in [4.69, 9.17) is 20.0 Å². The number of nitrogens with two attached hydrogens (primary N) is 1. The molecule has 1 aromatic heterocycles. The summed E-state index contributed by atoms with van der Waals surface area (Å²) in [4.78, 5) is 11.1. The molecule has 6 heteroatoms. The molecule has 0 aliphatic carbocycles. The Morgan fingerprint density at radius 1 is 1.07 bits per heavy atom. The average molecular weight is 405 g/mol. The molecular formula is C24H20FNO4.